The summed E-state index contributed by atoms with van der Waals surface area (Å²) in [5, 5.41) is 4.08. The average Bonchev–Trinajstić information content (AvgIpc) is 3.28. The van der Waals surface area contributed by atoms with Crippen LogP contribution in [0.5, 0.6) is 0 Å². The first-order valence-electron chi connectivity index (χ1n) is 8.50. The van der Waals surface area contributed by atoms with Crippen LogP contribution < -0.4 is 0 Å². The highest BCUT2D eigenvalue weighted by Crippen LogP contribution is 2.48. The Kier molecular flexibility index (Phi) is 3.83. The van der Waals surface area contributed by atoms with Crippen LogP contribution >= 0.6 is 0 Å². The topological polar surface area (TPSA) is 62.5 Å². The highest BCUT2D eigenvalue weighted by atomic mass is 19.1. The minimum atomic E-state index is -0.298. The van der Waals surface area contributed by atoms with Crippen molar-refractivity contribution in [3.05, 3.63) is 36.0 Å². The predicted molar refractivity (Wildman–Crippen MR) is 89.2 cm³/mol. The van der Waals surface area contributed by atoms with Crippen molar-refractivity contribution in [3.63, 3.8) is 0 Å². The van der Waals surface area contributed by atoms with Crippen molar-refractivity contribution in [1.82, 2.24) is 19.9 Å². The third kappa shape index (κ3) is 2.82. The van der Waals surface area contributed by atoms with Crippen molar-refractivity contribution in [1.29, 1.82) is 0 Å². The molecule has 0 aliphatic carbocycles. The zero-order valence-electron chi connectivity index (χ0n) is 14.4. The molecular weight excluding hydrogens is 323 g/mol. The number of aromatic nitrogens is 2. The van der Waals surface area contributed by atoms with Crippen molar-refractivity contribution in [2.24, 2.45) is 5.41 Å². The van der Waals surface area contributed by atoms with E-state index < -0.39 is 0 Å². The van der Waals surface area contributed by atoms with Gasteiger partial charge in [0.25, 0.3) is 0 Å². The summed E-state index contributed by atoms with van der Waals surface area (Å²) in [6.07, 6.45) is 1.01. The fourth-order valence-electron chi connectivity index (χ4n) is 4.16. The molecule has 0 bridgehead atoms. The molecule has 0 radical (unpaired) electrons. The molecule has 2 aliphatic heterocycles. The molecule has 132 valence electrons. The molecule has 2 fully saturated rings. The van der Waals surface area contributed by atoms with Gasteiger partial charge in [0.1, 0.15) is 5.82 Å². The zero-order chi connectivity index (χ0) is 17.6. The Labute approximate surface area is 145 Å². The van der Waals surface area contributed by atoms with Crippen LogP contribution in [-0.4, -0.2) is 59.1 Å². The molecule has 0 unspecified atom stereocenters. The number of nitrogens with zero attached hydrogens (tertiary/aromatic N) is 4. The molecule has 2 aliphatic rings. The molecule has 2 saturated heterocycles. The number of halogens is 1. The highest BCUT2D eigenvalue weighted by Gasteiger charge is 2.53. The van der Waals surface area contributed by atoms with E-state index in [2.05, 4.69) is 22.1 Å². The Balaban J connectivity index is 1.65. The molecule has 1 amide bonds. The van der Waals surface area contributed by atoms with E-state index in [-0.39, 0.29) is 23.1 Å². The number of benzene rings is 1. The molecule has 7 heteroatoms. The summed E-state index contributed by atoms with van der Waals surface area (Å²) in [6, 6.07) is 6.04. The summed E-state index contributed by atoms with van der Waals surface area (Å²) in [5.41, 5.74) is 0.683. The number of hydrogen-bond donors (Lipinski definition) is 0. The SMILES string of the molecule is CC(=O)N1C[C@@H](c2nc(-c3ccc(F)cc3)no2)[C@]2(CCN(C)C2)C1. The van der Waals surface area contributed by atoms with Gasteiger partial charge in [-0.1, -0.05) is 5.16 Å². The van der Waals surface area contributed by atoms with Gasteiger partial charge in [-0.2, -0.15) is 4.98 Å². The van der Waals surface area contributed by atoms with Gasteiger partial charge in [-0.25, -0.2) is 4.39 Å². The summed E-state index contributed by atoms with van der Waals surface area (Å²) in [5.74, 6) is 0.835. The van der Waals surface area contributed by atoms with Crippen LogP contribution in [0.1, 0.15) is 25.2 Å². The summed E-state index contributed by atoms with van der Waals surface area (Å²) >= 11 is 0. The van der Waals surface area contributed by atoms with Crippen LogP contribution in [0, 0.1) is 11.2 Å². The fraction of sp³-hybridized carbons (Fsp3) is 0.500. The molecule has 3 heterocycles. The van der Waals surface area contributed by atoms with E-state index in [0.29, 0.717) is 18.3 Å². The smallest absolute Gasteiger partial charge is 0.232 e. The molecule has 0 N–H and O–H groups in total. The van der Waals surface area contributed by atoms with Gasteiger partial charge in [-0.05, 0) is 44.3 Å². The lowest BCUT2D eigenvalue weighted by Crippen LogP contribution is -2.33. The van der Waals surface area contributed by atoms with Gasteiger partial charge in [0.05, 0.1) is 5.92 Å². The molecule has 2 atom stereocenters. The van der Waals surface area contributed by atoms with Crippen LogP contribution in [0.3, 0.4) is 0 Å². The largest absolute Gasteiger partial charge is 0.341 e. The van der Waals surface area contributed by atoms with Crippen LogP contribution in [0.15, 0.2) is 28.8 Å². The minimum Gasteiger partial charge on any atom is -0.341 e. The van der Waals surface area contributed by atoms with Crippen LogP contribution in [0.2, 0.25) is 0 Å². The second kappa shape index (κ2) is 5.91. The summed E-state index contributed by atoms with van der Waals surface area (Å²) in [7, 11) is 2.10. The molecule has 25 heavy (non-hydrogen) atoms. The lowest BCUT2D eigenvalue weighted by atomic mass is 9.77. The summed E-state index contributed by atoms with van der Waals surface area (Å²) < 4.78 is 18.7. The summed E-state index contributed by atoms with van der Waals surface area (Å²) in [4.78, 5) is 20.7. The number of hydrogen-bond acceptors (Lipinski definition) is 5. The van der Waals surface area contributed by atoms with E-state index in [4.69, 9.17) is 4.52 Å². The lowest BCUT2D eigenvalue weighted by molar-refractivity contribution is -0.128. The Hall–Kier alpha value is -2.28. The number of carbonyl (C=O) groups is 1. The van der Waals surface area contributed by atoms with Gasteiger partial charge < -0.3 is 14.3 Å². The Bertz CT molecular complexity index is 791. The van der Waals surface area contributed by atoms with Gasteiger partial charge in [0.2, 0.25) is 17.6 Å². The average molecular weight is 344 g/mol. The highest BCUT2D eigenvalue weighted by molar-refractivity contribution is 5.74. The van der Waals surface area contributed by atoms with Crippen molar-refractivity contribution >= 4 is 5.91 Å². The second-order valence-electron chi connectivity index (χ2n) is 7.27. The Morgan fingerprint density at radius 3 is 2.72 bits per heavy atom. The Morgan fingerprint density at radius 1 is 1.32 bits per heavy atom. The van der Waals surface area contributed by atoms with E-state index in [1.54, 1.807) is 19.1 Å². The van der Waals surface area contributed by atoms with Gasteiger partial charge in [0, 0.05) is 37.5 Å². The minimum absolute atomic E-state index is 0.0306. The van der Waals surface area contributed by atoms with Gasteiger partial charge in [-0.3, -0.25) is 4.79 Å². The van der Waals surface area contributed by atoms with E-state index in [9.17, 15) is 9.18 Å². The van der Waals surface area contributed by atoms with Crippen LogP contribution in [-0.2, 0) is 4.79 Å². The molecule has 2 aromatic rings. The second-order valence-corrected chi connectivity index (χ2v) is 7.27. The van der Waals surface area contributed by atoms with Crippen LogP contribution in [0.4, 0.5) is 4.39 Å². The number of amides is 1. The van der Waals surface area contributed by atoms with E-state index >= 15 is 0 Å². The van der Waals surface area contributed by atoms with Gasteiger partial charge in [-0.15, -0.1) is 0 Å². The van der Waals surface area contributed by atoms with Crippen molar-refractivity contribution in [2.75, 3.05) is 33.2 Å². The first-order chi connectivity index (χ1) is 12.0. The van der Waals surface area contributed by atoms with Crippen molar-refractivity contribution in [2.45, 2.75) is 19.3 Å². The third-order valence-corrected chi connectivity index (χ3v) is 5.51. The molecular formula is C18H21FN4O2. The van der Waals surface area contributed by atoms with Crippen LogP contribution in [0.25, 0.3) is 11.4 Å². The quantitative estimate of drug-likeness (QED) is 0.835. The first-order valence-corrected chi connectivity index (χ1v) is 8.50. The normalized spacial score (nSPS) is 26.7. The predicted octanol–water partition coefficient (Wildman–Crippen LogP) is 2.14. The molecule has 1 aromatic heterocycles. The molecule has 0 saturated carbocycles. The van der Waals surface area contributed by atoms with Crippen molar-refractivity contribution < 1.29 is 13.7 Å². The fourth-order valence-corrected chi connectivity index (χ4v) is 4.16. The third-order valence-electron chi connectivity index (χ3n) is 5.51. The maximum absolute atomic E-state index is 13.1. The lowest BCUT2D eigenvalue weighted by Gasteiger charge is -2.27. The van der Waals surface area contributed by atoms with Gasteiger partial charge >= 0.3 is 0 Å². The van der Waals surface area contributed by atoms with Crippen molar-refractivity contribution in [3.8, 4) is 11.4 Å². The standard InChI is InChI=1S/C18H21FN4O2/c1-12(24)23-9-15(18(11-23)7-8-22(2)10-18)17-20-16(21-25-17)13-3-5-14(19)6-4-13/h3-6,15H,7-11H2,1-2H3/t15-,18-/m0/s1. The molecule has 6 nitrogen and oxygen atoms in total. The van der Waals surface area contributed by atoms with E-state index in [0.717, 1.165) is 31.6 Å². The number of likely N-dealkylation sites (tertiary alicyclic amines) is 2. The van der Waals surface area contributed by atoms with E-state index in [1.165, 1.54) is 12.1 Å². The van der Waals surface area contributed by atoms with Gasteiger partial charge in [0.15, 0.2) is 0 Å². The Morgan fingerprint density at radius 2 is 2.08 bits per heavy atom. The molecule has 4 rings (SSSR count). The van der Waals surface area contributed by atoms with E-state index in [1.807, 2.05) is 4.90 Å². The maximum Gasteiger partial charge on any atom is 0.232 e. The number of rotatable bonds is 2. The summed E-state index contributed by atoms with van der Waals surface area (Å²) in [6.45, 7) is 4.85. The monoisotopic (exact) mass is 344 g/mol. The maximum atomic E-state index is 13.1. The number of carbonyl (C=O) groups excluding carboxylic acids is 1. The molecule has 1 spiro atoms. The first kappa shape index (κ1) is 16.2. The zero-order valence-corrected chi connectivity index (χ0v) is 14.4. The molecule has 1 aromatic carbocycles.